The van der Waals surface area contributed by atoms with E-state index in [1.807, 2.05) is 7.05 Å². The number of hydrogen-bond donors (Lipinski definition) is 1. The first kappa shape index (κ1) is 15.2. The van der Waals surface area contributed by atoms with Crippen LogP contribution in [0.4, 0.5) is 0 Å². The van der Waals surface area contributed by atoms with Crippen molar-refractivity contribution in [3.8, 4) is 0 Å². The maximum Gasteiger partial charge on any atom is 0.0790 e. The van der Waals surface area contributed by atoms with Gasteiger partial charge in [-0.2, -0.15) is 0 Å². The quantitative estimate of drug-likeness (QED) is 0.842. The van der Waals surface area contributed by atoms with E-state index in [0.717, 1.165) is 26.3 Å². The number of nitrogens with zero attached hydrogens (tertiary/aromatic N) is 1. The Morgan fingerprint density at radius 1 is 1.21 bits per heavy atom. The number of morpholine rings is 1. The van der Waals surface area contributed by atoms with Crippen LogP contribution in [0.25, 0.3) is 0 Å². The molecule has 19 heavy (non-hydrogen) atoms. The van der Waals surface area contributed by atoms with Gasteiger partial charge in [0, 0.05) is 31.1 Å². The van der Waals surface area contributed by atoms with Gasteiger partial charge in [-0.25, -0.2) is 0 Å². The molecule has 0 aromatic carbocycles. The van der Waals surface area contributed by atoms with Crippen LogP contribution in [0.2, 0.25) is 0 Å². The van der Waals surface area contributed by atoms with Crippen molar-refractivity contribution < 1.29 is 9.47 Å². The Balaban J connectivity index is 2.12. The monoisotopic (exact) mass is 270 g/mol. The normalized spacial score (nSPS) is 38.5. The fraction of sp³-hybridized carbons (Fsp3) is 1.00. The predicted octanol–water partition coefficient (Wildman–Crippen LogP) is 1.50. The van der Waals surface area contributed by atoms with Crippen LogP contribution in [-0.4, -0.2) is 61.5 Å². The highest BCUT2D eigenvalue weighted by Crippen LogP contribution is 2.42. The third-order valence-corrected chi connectivity index (χ3v) is 4.82. The molecular formula is C15H30N2O2. The van der Waals surface area contributed by atoms with Crippen LogP contribution >= 0.6 is 0 Å². The van der Waals surface area contributed by atoms with E-state index in [1.165, 1.54) is 0 Å². The highest BCUT2D eigenvalue weighted by molar-refractivity contribution is 5.06. The summed E-state index contributed by atoms with van der Waals surface area (Å²) < 4.78 is 11.8. The number of rotatable bonds is 3. The van der Waals surface area contributed by atoms with E-state index in [2.05, 4.69) is 44.8 Å². The van der Waals surface area contributed by atoms with Crippen LogP contribution in [0.5, 0.6) is 0 Å². The van der Waals surface area contributed by atoms with Gasteiger partial charge >= 0.3 is 0 Å². The maximum absolute atomic E-state index is 6.31. The molecular weight excluding hydrogens is 240 g/mol. The van der Waals surface area contributed by atoms with Crippen LogP contribution < -0.4 is 5.32 Å². The molecule has 0 spiro atoms. The molecule has 4 nitrogen and oxygen atoms in total. The Bertz CT molecular complexity index is 317. The lowest BCUT2D eigenvalue weighted by Crippen LogP contribution is -2.53. The fourth-order valence-corrected chi connectivity index (χ4v) is 3.86. The summed E-state index contributed by atoms with van der Waals surface area (Å²) in [6.07, 6.45) is 0. The Kier molecular flexibility index (Phi) is 4.26. The Labute approximate surface area is 117 Å². The van der Waals surface area contributed by atoms with Gasteiger partial charge in [-0.1, -0.05) is 0 Å². The van der Waals surface area contributed by atoms with Crippen molar-refractivity contribution in [3.05, 3.63) is 0 Å². The minimum atomic E-state index is -0.113. The van der Waals surface area contributed by atoms with E-state index in [1.54, 1.807) is 0 Å². The minimum Gasteiger partial charge on any atom is -0.379 e. The minimum absolute atomic E-state index is 0.0881. The molecule has 2 aliphatic rings. The summed E-state index contributed by atoms with van der Waals surface area (Å²) >= 11 is 0. The molecule has 0 radical (unpaired) electrons. The van der Waals surface area contributed by atoms with Crippen LogP contribution in [0.3, 0.4) is 0 Å². The predicted molar refractivity (Wildman–Crippen MR) is 77.4 cm³/mol. The number of hydrogen-bond acceptors (Lipinski definition) is 4. The highest BCUT2D eigenvalue weighted by atomic mass is 16.5. The second-order valence-corrected chi connectivity index (χ2v) is 7.10. The van der Waals surface area contributed by atoms with Crippen molar-refractivity contribution in [1.29, 1.82) is 0 Å². The third kappa shape index (κ3) is 2.97. The molecule has 2 aliphatic heterocycles. The molecule has 3 atom stereocenters. The molecule has 2 saturated heterocycles. The largest absolute Gasteiger partial charge is 0.379 e. The molecule has 0 aromatic rings. The summed E-state index contributed by atoms with van der Waals surface area (Å²) in [5.74, 6) is 0.494. The molecule has 0 saturated carbocycles. The lowest BCUT2D eigenvalue weighted by atomic mass is 9.82. The molecule has 0 aliphatic carbocycles. The Hall–Kier alpha value is -0.160. The van der Waals surface area contributed by atoms with Gasteiger partial charge in [0.25, 0.3) is 0 Å². The summed E-state index contributed by atoms with van der Waals surface area (Å²) in [6, 6.07) is 0.892. The second-order valence-electron chi connectivity index (χ2n) is 7.10. The van der Waals surface area contributed by atoms with Crippen molar-refractivity contribution in [2.75, 3.05) is 33.4 Å². The zero-order valence-corrected chi connectivity index (χ0v) is 13.3. The fourth-order valence-electron chi connectivity index (χ4n) is 3.86. The molecule has 4 heteroatoms. The van der Waals surface area contributed by atoms with Crippen molar-refractivity contribution in [3.63, 3.8) is 0 Å². The molecule has 112 valence electrons. The Morgan fingerprint density at radius 2 is 1.89 bits per heavy atom. The summed E-state index contributed by atoms with van der Waals surface area (Å²) in [4.78, 5) is 2.55. The molecule has 0 bridgehead atoms. The van der Waals surface area contributed by atoms with Gasteiger partial charge in [-0.15, -0.1) is 0 Å². The van der Waals surface area contributed by atoms with Gasteiger partial charge < -0.3 is 14.8 Å². The molecule has 2 heterocycles. The number of ether oxygens (including phenoxy) is 2. The van der Waals surface area contributed by atoms with Gasteiger partial charge in [-0.05, 0) is 41.7 Å². The van der Waals surface area contributed by atoms with Crippen LogP contribution in [-0.2, 0) is 9.47 Å². The lowest BCUT2D eigenvalue weighted by Gasteiger charge is -2.39. The second kappa shape index (κ2) is 5.32. The molecule has 0 amide bonds. The van der Waals surface area contributed by atoms with Crippen molar-refractivity contribution >= 4 is 0 Å². The van der Waals surface area contributed by atoms with Crippen molar-refractivity contribution in [2.45, 2.75) is 57.9 Å². The standard InChI is InChI=1S/C15H30N2O2/c1-11-10-18-8-7-17(11)9-12-13(16-6)15(4,5)19-14(12,2)3/h11-13,16H,7-10H2,1-6H3. The zero-order valence-electron chi connectivity index (χ0n) is 13.3. The summed E-state index contributed by atoms with van der Waals surface area (Å²) in [7, 11) is 2.05. The highest BCUT2D eigenvalue weighted by Gasteiger charge is 2.53. The smallest absolute Gasteiger partial charge is 0.0790 e. The average Bonchev–Trinajstić information content (AvgIpc) is 2.46. The van der Waals surface area contributed by atoms with Crippen molar-refractivity contribution in [1.82, 2.24) is 10.2 Å². The zero-order chi connectivity index (χ0) is 14.3. The van der Waals surface area contributed by atoms with E-state index >= 15 is 0 Å². The first-order valence-corrected chi connectivity index (χ1v) is 7.47. The van der Waals surface area contributed by atoms with E-state index in [-0.39, 0.29) is 11.2 Å². The molecule has 1 N–H and O–H groups in total. The number of likely N-dealkylation sites (N-methyl/N-ethyl adjacent to an activating group) is 1. The number of nitrogens with one attached hydrogen (secondary N) is 1. The first-order chi connectivity index (χ1) is 8.78. The van der Waals surface area contributed by atoms with Gasteiger partial charge in [0.05, 0.1) is 24.4 Å². The van der Waals surface area contributed by atoms with Gasteiger partial charge in [-0.3, -0.25) is 4.90 Å². The average molecular weight is 270 g/mol. The summed E-state index contributed by atoms with van der Waals surface area (Å²) in [5, 5.41) is 3.48. The molecule has 2 rings (SSSR count). The van der Waals surface area contributed by atoms with Crippen molar-refractivity contribution in [2.24, 2.45) is 5.92 Å². The maximum atomic E-state index is 6.31. The van der Waals surface area contributed by atoms with Gasteiger partial charge in [0.2, 0.25) is 0 Å². The molecule has 0 aromatic heterocycles. The molecule has 3 unspecified atom stereocenters. The summed E-state index contributed by atoms with van der Waals surface area (Å²) in [5.41, 5.74) is -0.201. The third-order valence-electron chi connectivity index (χ3n) is 4.82. The Morgan fingerprint density at radius 3 is 2.47 bits per heavy atom. The summed E-state index contributed by atoms with van der Waals surface area (Å²) in [6.45, 7) is 14.9. The topological polar surface area (TPSA) is 33.7 Å². The van der Waals surface area contributed by atoms with Gasteiger partial charge in [0.15, 0.2) is 0 Å². The SMILES string of the molecule is CNC1C(CN2CCOCC2C)C(C)(C)OC1(C)C. The first-order valence-electron chi connectivity index (χ1n) is 7.47. The van der Waals surface area contributed by atoms with E-state index in [4.69, 9.17) is 9.47 Å². The molecule has 2 fully saturated rings. The van der Waals surface area contributed by atoms with Crippen LogP contribution in [0.15, 0.2) is 0 Å². The van der Waals surface area contributed by atoms with E-state index in [0.29, 0.717) is 18.0 Å². The van der Waals surface area contributed by atoms with Crippen LogP contribution in [0, 0.1) is 5.92 Å². The van der Waals surface area contributed by atoms with E-state index < -0.39 is 0 Å². The van der Waals surface area contributed by atoms with Crippen LogP contribution in [0.1, 0.15) is 34.6 Å². The lowest BCUT2D eigenvalue weighted by molar-refractivity contribution is -0.0834. The van der Waals surface area contributed by atoms with E-state index in [9.17, 15) is 0 Å². The van der Waals surface area contributed by atoms with Gasteiger partial charge in [0.1, 0.15) is 0 Å².